The third kappa shape index (κ3) is 2.87. The third-order valence-corrected chi connectivity index (χ3v) is 5.61. The lowest BCUT2D eigenvalue weighted by Crippen LogP contribution is -2.32. The van der Waals surface area contributed by atoms with Gasteiger partial charge in [0.25, 0.3) is 0 Å². The average Bonchev–Trinajstić information content (AvgIpc) is 2.79. The number of rotatable bonds is 4. The molecule has 1 atom stereocenters. The number of hydrogen-bond donors (Lipinski definition) is 0. The number of sulfonamides is 1. The fraction of sp³-hybridized carbons (Fsp3) is 0.538. The number of nitrogens with zero attached hydrogens (tertiary/aromatic N) is 1. The van der Waals surface area contributed by atoms with Crippen LogP contribution in [0.1, 0.15) is 37.8 Å². The van der Waals surface area contributed by atoms with Crippen LogP contribution in [0, 0.1) is 0 Å². The predicted molar refractivity (Wildman–Crippen MR) is 74.2 cm³/mol. The van der Waals surface area contributed by atoms with Crippen LogP contribution in [0.5, 0.6) is 0 Å². The zero-order chi connectivity index (χ0) is 13.2. The van der Waals surface area contributed by atoms with E-state index in [0.717, 1.165) is 18.4 Å². The Kier molecular flexibility index (Phi) is 4.30. The summed E-state index contributed by atoms with van der Waals surface area (Å²) >= 11 is 5.86. The van der Waals surface area contributed by atoms with E-state index in [0.29, 0.717) is 18.0 Å². The van der Waals surface area contributed by atoms with Gasteiger partial charge in [-0.2, -0.15) is 4.31 Å². The van der Waals surface area contributed by atoms with Crippen molar-refractivity contribution < 1.29 is 8.42 Å². The molecule has 1 heterocycles. The molecule has 0 saturated carbocycles. The molecule has 1 saturated heterocycles. The molecule has 18 heavy (non-hydrogen) atoms. The summed E-state index contributed by atoms with van der Waals surface area (Å²) in [5, 5.41) is 0.680. The average molecular weight is 288 g/mol. The van der Waals surface area contributed by atoms with Crippen LogP contribution in [0.15, 0.2) is 24.3 Å². The molecule has 2 rings (SSSR count). The Bertz CT molecular complexity index is 498. The first-order chi connectivity index (χ1) is 8.54. The second-order valence-electron chi connectivity index (χ2n) is 4.64. The van der Waals surface area contributed by atoms with Gasteiger partial charge in [-0.05, 0) is 37.0 Å². The van der Waals surface area contributed by atoms with Crippen molar-refractivity contribution in [3.8, 4) is 0 Å². The van der Waals surface area contributed by atoms with Gasteiger partial charge in [-0.3, -0.25) is 0 Å². The fourth-order valence-corrected chi connectivity index (χ4v) is 4.36. The van der Waals surface area contributed by atoms with Gasteiger partial charge in [0, 0.05) is 17.6 Å². The van der Waals surface area contributed by atoms with Gasteiger partial charge in [-0.15, -0.1) is 0 Å². The van der Waals surface area contributed by atoms with Crippen LogP contribution < -0.4 is 0 Å². The maximum Gasteiger partial charge on any atom is 0.214 e. The van der Waals surface area contributed by atoms with Gasteiger partial charge in [0.15, 0.2) is 0 Å². The summed E-state index contributed by atoms with van der Waals surface area (Å²) in [5.41, 5.74) is 1.04. The van der Waals surface area contributed by atoms with E-state index in [9.17, 15) is 8.42 Å². The summed E-state index contributed by atoms with van der Waals surface area (Å²) in [6.07, 6.45) is 2.48. The number of hydrogen-bond acceptors (Lipinski definition) is 2. The van der Waals surface area contributed by atoms with Gasteiger partial charge in [0.2, 0.25) is 10.0 Å². The fourth-order valence-electron chi connectivity index (χ4n) is 2.47. The molecule has 0 aromatic heterocycles. The summed E-state index contributed by atoms with van der Waals surface area (Å²) in [6, 6.07) is 7.47. The van der Waals surface area contributed by atoms with E-state index in [1.54, 1.807) is 4.31 Å². The van der Waals surface area contributed by atoms with Crippen LogP contribution in [0.25, 0.3) is 0 Å². The minimum Gasteiger partial charge on any atom is -0.212 e. The molecule has 3 nitrogen and oxygen atoms in total. The van der Waals surface area contributed by atoms with Crippen molar-refractivity contribution in [1.29, 1.82) is 0 Å². The molecule has 0 radical (unpaired) electrons. The van der Waals surface area contributed by atoms with Crippen molar-refractivity contribution in [2.75, 3.05) is 12.3 Å². The van der Waals surface area contributed by atoms with Gasteiger partial charge in [0.05, 0.1) is 5.75 Å². The van der Waals surface area contributed by atoms with Crippen molar-refractivity contribution in [1.82, 2.24) is 4.31 Å². The van der Waals surface area contributed by atoms with Crippen LogP contribution in [0.2, 0.25) is 5.02 Å². The Morgan fingerprint density at radius 1 is 1.33 bits per heavy atom. The van der Waals surface area contributed by atoms with E-state index in [-0.39, 0.29) is 11.8 Å². The van der Waals surface area contributed by atoms with Crippen molar-refractivity contribution in [2.45, 2.75) is 32.2 Å². The smallest absolute Gasteiger partial charge is 0.212 e. The van der Waals surface area contributed by atoms with Crippen molar-refractivity contribution in [3.05, 3.63) is 34.9 Å². The van der Waals surface area contributed by atoms with Crippen LogP contribution in [0.4, 0.5) is 0 Å². The van der Waals surface area contributed by atoms with Gasteiger partial charge >= 0.3 is 0 Å². The molecule has 100 valence electrons. The summed E-state index contributed by atoms with van der Waals surface area (Å²) in [7, 11) is -3.12. The van der Waals surface area contributed by atoms with Crippen molar-refractivity contribution >= 4 is 21.6 Å². The second-order valence-corrected chi connectivity index (χ2v) is 7.11. The molecule has 0 spiro atoms. The van der Waals surface area contributed by atoms with Gasteiger partial charge < -0.3 is 0 Å². The lowest BCUT2D eigenvalue weighted by molar-refractivity contribution is 0.396. The minimum absolute atomic E-state index is 0.0150. The molecule has 0 unspecified atom stereocenters. The van der Waals surface area contributed by atoms with Crippen LogP contribution in [-0.4, -0.2) is 25.0 Å². The van der Waals surface area contributed by atoms with E-state index in [4.69, 9.17) is 11.6 Å². The molecule has 1 aromatic carbocycles. The van der Waals surface area contributed by atoms with E-state index in [2.05, 4.69) is 0 Å². The Hall–Kier alpha value is -0.580. The maximum atomic E-state index is 12.2. The van der Waals surface area contributed by atoms with Crippen molar-refractivity contribution in [2.24, 2.45) is 0 Å². The van der Waals surface area contributed by atoms with Gasteiger partial charge in [-0.1, -0.05) is 30.7 Å². The number of halogens is 1. The molecule has 0 aliphatic carbocycles. The van der Waals surface area contributed by atoms with E-state index >= 15 is 0 Å². The molecule has 0 N–H and O–H groups in total. The summed E-state index contributed by atoms with van der Waals surface area (Å²) in [4.78, 5) is 0. The van der Waals surface area contributed by atoms with Crippen LogP contribution in [-0.2, 0) is 10.0 Å². The highest BCUT2D eigenvalue weighted by molar-refractivity contribution is 7.89. The Labute approximate surface area is 114 Å². The highest BCUT2D eigenvalue weighted by atomic mass is 35.5. The van der Waals surface area contributed by atoms with E-state index in [1.165, 1.54) is 0 Å². The zero-order valence-corrected chi connectivity index (χ0v) is 12.0. The summed E-state index contributed by atoms with van der Waals surface area (Å²) in [5.74, 6) is 0.233. The quantitative estimate of drug-likeness (QED) is 0.853. The molecule has 1 fully saturated rings. The normalized spacial score (nSPS) is 21.3. The maximum absolute atomic E-state index is 12.2. The second kappa shape index (κ2) is 5.59. The summed E-state index contributed by atoms with van der Waals surface area (Å²) in [6.45, 7) is 2.53. The van der Waals surface area contributed by atoms with Crippen molar-refractivity contribution in [3.63, 3.8) is 0 Å². The zero-order valence-electron chi connectivity index (χ0n) is 10.5. The lowest BCUT2D eigenvalue weighted by atomic mass is 10.1. The van der Waals surface area contributed by atoms with Gasteiger partial charge in [0.1, 0.15) is 0 Å². The minimum atomic E-state index is -3.12. The molecule has 1 aliphatic rings. The topological polar surface area (TPSA) is 37.4 Å². The monoisotopic (exact) mass is 287 g/mol. The SMILES string of the molecule is CCCS(=O)(=O)N1CCC[C@H]1c1ccc(Cl)cc1. The molecular weight excluding hydrogens is 270 g/mol. The summed E-state index contributed by atoms with van der Waals surface area (Å²) < 4.78 is 26.0. The standard InChI is InChI=1S/C13H18ClNO2S/c1-2-10-18(16,17)15-9-3-4-13(15)11-5-7-12(14)8-6-11/h5-8,13H,2-4,9-10H2,1H3/t13-/m0/s1. The molecular formula is C13H18ClNO2S. The first kappa shape index (κ1) is 13.8. The van der Waals surface area contributed by atoms with Crippen LogP contribution in [0.3, 0.4) is 0 Å². The van der Waals surface area contributed by atoms with Gasteiger partial charge in [-0.25, -0.2) is 8.42 Å². The van der Waals surface area contributed by atoms with E-state index in [1.807, 2.05) is 31.2 Å². The predicted octanol–water partition coefficient (Wildman–Crippen LogP) is 3.22. The first-order valence-electron chi connectivity index (χ1n) is 6.29. The first-order valence-corrected chi connectivity index (χ1v) is 8.28. The Morgan fingerprint density at radius 2 is 2.00 bits per heavy atom. The Balaban J connectivity index is 2.25. The molecule has 0 amide bonds. The third-order valence-electron chi connectivity index (χ3n) is 3.28. The molecule has 5 heteroatoms. The molecule has 0 bridgehead atoms. The lowest BCUT2D eigenvalue weighted by Gasteiger charge is -2.24. The van der Waals surface area contributed by atoms with E-state index < -0.39 is 10.0 Å². The Morgan fingerprint density at radius 3 is 2.61 bits per heavy atom. The molecule has 1 aliphatic heterocycles. The highest BCUT2D eigenvalue weighted by Gasteiger charge is 2.34. The highest BCUT2D eigenvalue weighted by Crippen LogP contribution is 2.34. The number of benzene rings is 1. The van der Waals surface area contributed by atoms with Crippen LogP contribution >= 0.6 is 11.6 Å². The molecule has 1 aromatic rings. The largest absolute Gasteiger partial charge is 0.214 e.